The van der Waals surface area contributed by atoms with E-state index in [1.807, 2.05) is 71.4 Å². The Morgan fingerprint density at radius 1 is 0.479 bits per heavy atom. The van der Waals surface area contributed by atoms with Crippen molar-refractivity contribution >= 4 is 54.8 Å². The molecule has 10 aromatic rings. The largest absolute Gasteiger partial charge is 2.00 e. The third-order valence-electron chi connectivity index (χ3n) is 8.81. The Balaban J connectivity index is 0.00000314. The Bertz CT molecular complexity index is 2630. The number of pyridine rings is 3. The maximum atomic E-state index is 6.50. The summed E-state index contributed by atoms with van der Waals surface area (Å²) >= 11 is 0. The number of nitrogens with zero attached hydrogens (tertiary/aromatic N) is 5. The number of benzene rings is 5. The summed E-state index contributed by atoms with van der Waals surface area (Å²) in [5.41, 5.74) is 7.43. The van der Waals surface area contributed by atoms with Gasteiger partial charge in [-0.2, -0.15) is 0 Å². The molecule has 0 unspecified atom stereocenters. The summed E-state index contributed by atoms with van der Waals surface area (Å²) in [4.78, 5) is 14.9. The average Bonchev–Trinajstić information content (AvgIpc) is 3.80. The van der Waals surface area contributed by atoms with Crippen LogP contribution in [0, 0.1) is 12.1 Å². The van der Waals surface area contributed by atoms with Gasteiger partial charge in [-0.3, -0.25) is 9.97 Å². The van der Waals surface area contributed by atoms with Crippen molar-refractivity contribution in [2.75, 3.05) is 0 Å². The van der Waals surface area contributed by atoms with E-state index < -0.39 is 0 Å². The van der Waals surface area contributed by atoms with Crippen molar-refractivity contribution in [3.8, 4) is 34.0 Å². The standard InChI is InChI=1S/C41H23N5O.Pt/c1-3-10-26(11-4-1)36-24-45-38-16-8-7-14-32(38)30-19-17-28(22-34(30)40(45)43-36)47-29-18-20-31-33-15-9-21-42-39(33)46-25-37(27-12-5-2-6-13-27)44-41(46)35(31)23-29;/h1-21,24-25H;/q-2;+2. The fourth-order valence-corrected chi connectivity index (χ4v) is 6.65. The van der Waals surface area contributed by atoms with Crippen molar-refractivity contribution < 1.29 is 25.8 Å². The Morgan fingerprint density at radius 3 is 1.69 bits per heavy atom. The molecule has 0 N–H and O–H groups in total. The third-order valence-corrected chi connectivity index (χ3v) is 8.81. The zero-order chi connectivity index (χ0) is 30.9. The van der Waals surface area contributed by atoms with Crippen LogP contribution in [0.25, 0.3) is 77.3 Å². The van der Waals surface area contributed by atoms with Crippen LogP contribution < -0.4 is 4.74 Å². The van der Waals surface area contributed by atoms with Gasteiger partial charge in [0.15, 0.2) is 0 Å². The van der Waals surface area contributed by atoms with Crippen molar-refractivity contribution in [3.05, 3.63) is 152 Å². The van der Waals surface area contributed by atoms with Gasteiger partial charge in [-0.15, -0.1) is 12.1 Å². The van der Waals surface area contributed by atoms with Gasteiger partial charge < -0.3 is 13.5 Å². The minimum absolute atomic E-state index is 0. The summed E-state index contributed by atoms with van der Waals surface area (Å²) < 4.78 is 10.7. The molecule has 0 saturated heterocycles. The zero-order valence-electron chi connectivity index (χ0n) is 25.2. The van der Waals surface area contributed by atoms with Gasteiger partial charge in [-0.05, 0) is 22.9 Å². The van der Waals surface area contributed by atoms with Crippen LogP contribution in [0.1, 0.15) is 0 Å². The molecule has 0 aliphatic carbocycles. The molecule has 5 aromatic carbocycles. The van der Waals surface area contributed by atoms with Gasteiger partial charge in [0.05, 0.1) is 22.7 Å². The number of rotatable bonds is 4. The number of hydrogen-bond acceptors (Lipinski definition) is 4. The minimum atomic E-state index is 0. The van der Waals surface area contributed by atoms with Gasteiger partial charge in [-0.1, -0.05) is 131 Å². The number of hydrogen-bond donors (Lipinski definition) is 0. The van der Waals surface area contributed by atoms with Gasteiger partial charge in [0, 0.05) is 46.7 Å². The molecular weight excluding hydrogens is 774 g/mol. The number of aromatic nitrogens is 5. The first kappa shape index (κ1) is 28.4. The van der Waals surface area contributed by atoms with E-state index >= 15 is 0 Å². The molecule has 0 saturated carbocycles. The van der Waals surface area contributed by atoms with Crippen molar-refractivity contribution in [3.63, 3.8) is 0 Å². The Morgan fingerprint density at radius 2 is 1.02 bits per heavy atom. The molecule has 5 aromatic heterocycles. The number of fused-ring (bicyclic) bond motifs is 12. The molecule has 0 aliphatic rings. The van der Waals surface area contributed by atoms with Crippen LogP contribution in [0.2, 0.25) is 0 Å². The molecule has 0 radical (unpaired) electrons. The molecule has 0 amide bonds. The molecule has 0 atom stereocenters. The monoisotopic (exact) mass is 796 g/mol. The topological polar surface area (TPSA) is 56.7 Å². The number of para-hydroxylation sites is 1. The van der Waals surface area contributed by atoms with Crippen LogP contribution in [0.4, 0.5) is 0 Å². The predicted molar refractivity (Wildman–Crippen MR) is 187 cm³/mol. The molecular formula is C41H23N5OPt. The van der Waals surface area contributed by atoms with E-state index in [1.165, 1.54) is 0 Å². The first-order valence-electron chi connectivity index (χ1n) is 15.4. The summed E-state index contributed by atoms with van der Waals surface area (Å²) in [7, 11) is 0. The number of ether oxygens (including phenoxy) is 1. The number of imidazole rings is 2. The molecule has 5 heterocycles. The van der Waals surface area contributed by atoms with E-state index in [0.717, 1.165) is 77.3 Å². The van der Waals surface area contributed by atoms with Gasteiger partial charge in [0.25, 0.3) is 0 Å². The summed E-state index contributed by atoms with van der Waals surface area (Å²) in [5.74, 6) is 1.16. The molecule has 0 fully saturated rings. The summed E-state index contributed by atoms with van der Waals surface area (Å²) in [6, 6.07) is 48.1. The van der Waals surface area contributed by atoms with E-state index in [9.17, 15) is 0 Å². The summed E-state index contributed by atoms with van der Waals surface area (Å²) in [6.07, 6.45) is 5.96. The van der Waals surface area contributed by atoms with Crippen molar-refractivity contribution in [2.24, 2.45) is 0 Å². The maximum Gasteiger partial charge on any atom is 2.00 e. The van der Waals surface area contributed by atoms with Gasteiger partial charge in [0.2, 0.25) is 0 Å². The second kappa shape index (κ2) is 11.1. The quantitative estimate of drug-likeness (QED) is 0.132. The van der Waals surface area contributed by atoms with E-state index in [4.69, 9.17) is 19.7 Å². The molecule has 0 bridgehead atoms. The molecule has 48 heavy (non-hydrogen) atoms. The fourth-order valence-electron chi connectivity index (χ4n) is 6.65. The van der Waals surface area contributed by atoms with Crippen molar-refractivity contribution in [1.29, 1.82) is 0 Å². The van der Waals surface area contributed by atoms with Gasteiger partial charge >= 0.3 is 21.1 Å². The van der Waals surface area contributed by atoms with Crippen molar-refractivity contribution in [1.82, 2.24) is 23.8 Å². The van der Waals surface area contributed by atoms with E-state index in [2.05, 4.69) is 89.5 Å². The van der Waals surface area contributed by atoms with Crippen LogP contribution >= 0.6 is 0 Å². The van der Waals surface area contributed by atoms with Crippen LogP contribution in [-0.4, -0.2) is 23.8 Å². The Kier molecular flexibility index (Phi) is 6.59. The average molecular weight is 797 g/mol. The normalized spacial score (nSPS) is 11.6. The minimum Gasteiger partial charge on any atom is -0.497 e. The first-order chi connectivity index (χ1) is 23.3. The van der Waals surface area contributed by atoms with Crippen LogP contribution in [0.3, 0.4) is 0 Å². The van der Waals surface area contributed by atoms with E-state index in [-0.39, 0.29) is 21.1 Å². The smallest absolute Gasteiger partial charge is 0.497 e. The second-order valence-corrected chi connectivity index (χ2v) is 11.6. The van der Waals surface area contributed by atoms with Gasteiger partial charge in [-0.25, -0.2) is 4.98 Å². The van der Waals surface area contributed by atoms with E-state index in [1.54, 1.807) is 0 Å². The third kappa shape index (κ3) is 4.41. The van der Waals surface area contributed by atoms with Crippen molar-refractivity contribution in [2.45, 2.75) is 0 Å². The molecule has 10 rings (SSSR count). The molecule has 0 aliphatic heterocycles. The fraction of sp³-hybridized carbons (Fsp3) is 0. The second-order valence-electron chi connectivity index (χ2n) is 11.6. The zero-order valence-corrected chi connectivity index (χ0v) is 27.5. The van der Waals surface area contributed by atoms with Gasteiger partial charge in [0.1, 0.15) is 5.65 Å². The molecule has 6 nitrogen and oxygen atoms in total. The Labute approximate surface area is 289 Å². The van der Waals surface area contributed by atoms with Crippen LogP contribution in [0.15, 0.2) is 140 Å². The van der Waals surface area contributed by atoms with Crippen LogP contribution in [-0.2, 0) is 21.1 Å². The van der Waals surface area contributed by atoms with Crippen LogP contribution in [0.5, 0.6) is 11.5 Å². The predicted octanol–water partition coefficient (Wildman–Crippen LogP) is 9.71. The SMILES string of the molecule is [Pt+2].[c-]1c(Oc2[c-]c3c(cc2)c2cccnc2n2cc(-c4ccccc4)nc32)ccc2c1c1nc(-c3ccccc3)cn1c1ccccc21. The summed E-state index contributed by atoms with van der Waals surface area (Å²) in [5, 5.41) is 5.99. The molecule has 7 heteroatoms. The maximum absolute atomic E-state index is 6.50. The molecule has 228 valence electrons. The molecule has 0 spiro atoms. The van der Waals surface area contributed by atoms with E-state index in [0.29, 0.717) is 11.5 Å². The first-order valence-corrected chi connectivity index (χ1v) is 15.4. The summed E-state index contributed by atoms with van der Waals surface area (Å²) in [6.45, 7) is 0. The Hall–Kier alpha value is -5.84.